The molecule has 4 rings (SSSR count). The van der Waals surface area contributed by atoms with E-state index in [2.05, 4.69) is 20.3 Å². The van der Waals surface area contributed by atoms with Crippen LogP contribution in [0, 0.1) is 11.6 Å². The maximum atomic E-state index is 14.3. The van der Waals surface area contributed by atoms with E-state index in [0.717, 1.165) is 0 Å². The van der Waals surface area contributed by atoms with Crippen LogP contribution in [0.2, 0.25) is 0 Å². The molecule has 0 spiro atoms. The molecule has 3 aromatic rings. The molecular formula is C22H20F3N5O. The van der Waals surface area contributed by atoms with Crippen molar-refractivity contribution >= 4 is 18.0 Å². The van der Waals surface area contributed by atoms with Crippen molar-refractivity contribution in [1.82, 2.24) is 15.0 Å². The zero-order chi connectivity index (χ0) is 22.0. The van der Waals surface area contributed by atoms with Gasteiger partial charge >= 0.3 is 0 Å². The molecule has 0 atom stereocenters. The molecule has 6 nitrogen and oxygen atoms in total. The van der Waals surface area contributed by atoms with E-state index in [-0.39, 0.29) is 36.6 Å². The summed E-state index contributed by atoms with van der Waals surface area (Å²) in [5.41, 5.74) is 0.670. The molecule has 0 aliphatic heterocycles. The van der Waals surface area contributed by atoms with Crippen molar-refractivity contribution < 1.29 is 18.0 Å². The Kier molecular flexibility index (Phi) is 5.58. The predicted molar refractivity (Wildman–Crippen MR) is 110 cm³/mol. The molecule has 31 heavy (non-hydrogen) atoms. The zero-order valence-corrected chi connectivity index (χ0v) is 16.7. The molecule has 0 bridgehead atoms. The summed E-state index contributed by atoms with van der Waals surface area (Å²) >= 11 is 0. The van der Waals surface area contributed by atoms with Crippen LogP contribution in [0.3, 0.4) is 0 Å². The summed E-state index contributed by atoms with van der Waals surface area (Å²) in [5.74, 6) is -0.688. The molecule has 1 aliphatic rings. The van der Waals surface area contributed by atoms with Crippen molar-refractivity contribution in [3.05, 3.63) is 66.3 Å². The molecule has 2 heterocycles. The molecule has 9 heteroatoms. The van der Waals surface area contributed by atoms with Crippen LogP contribution in [-0.2, 0) is 10.2 Å². The van der Waals surface area contributed by atoms with E-state index >= 15 is 0 Å². The lowest BCUT2D eigenvalue weighted by atomic mass is 9.65. The van der Waals surface area contributed by atoms with E-state index in [1.165, 1.54) is 53.8 Å². The lowest BCUT2D eigenvalue weighted by Crippen LogP contribution is -2.49. The molecular weight excluding hydrogens is 407 g/mol. The number of carbonyl (C=O) groups is 1. The first-order chi connectivity index (χ1) is 14.9. The third-order valence-corrected chi connectivity index (χ3v) is 5.55. The van der Waals surface area contributed by atoms with Crippen molar-refractivity contribution in [2.75, 3.05) is 23.8 Å². The van der Waals surface area contributed by atoms with Crippen LogP contribution in [0.1, 0.15) is 18.5 Å². The van der Waals surface area contributed by atoms with Crippen LogP contribution in [0.15, 0.2) is 48.9 Å². The normalized spacial score (nSPS) is 20.1. The number of alkyl halides is 1. The molecule has 2 aromatic heterocycles. The molecule has 1 amide bonds. The number of rotatable bonds is 7. The van der Waals surface area contributed by atoms with Crippen molar-refractivity contribution in [2.24, 2.45) is 0 Å². The molecule has 1 aliphatic carbocycles. The number of carbonyl (C=O) groups excluding carboxylic acids is 1. The van der Waals surface area contributed by atoms with E-state index in [9.17, 15) is 18.0 Å². The second-order valence-corrected chi connectivity index (χ2v) is 7.65. The quantitative estimate of drug-likeness (QED) is 0.580. The fraction of sp³-hybridized carbons (Fsp3) is 0.273. The maximum Gasteiger partial charge on any atom is 0.222 e. The maximum absolute atomic E-state index is 14.3. The van der Waals surface area contributed by atoms with Crippen molar-refractivity contribution in [1.29, 1.82) is 0 Å². The van der Waals surface area contributed by atoms with Crippen molar-refractivity contribution in [3.63, 3.8) is 0 Å². The minimum absolute atomic E-state index is 0.161. The molecule has 0 saturated heterocycles. The van der Waals surface area contributed by atoms with Gasteiger partial charge in [0.2, 0.25) is 12.4 Å². The van der Waals surface area contributed by atoms with Gasteiger partial charge in [0, 0.05) is 54.4 Å². The predicted octanol–water partition coefficient (Wildman–Crippen LogP) is 3.89. The Morgan fingerprint density at radius 3 is 2.55 bits per heavy atom. The summed E-state index contributed by atoms with van der Waals surface area (Å²) < 4.78 is 42.2. The Morgan fingerprint density at radius 1 is 1.16 bits per heavy atom. The highest BCUT2D eigenvalue weighted by Crippen LogP contribution is 2.45. The molecule has 1 saturated carbocycles. The Hall–Kier alpha value is -3.49. The van der Waals surface area contributed by atoms with Crippen molar-refractivity contribution in [3.8, 4) is 11.1 Å². The number of amides is 1. The summed E-state index contributed by atoms with van der Waals surface area (Å²) in [7, 11) is 1.57. The zero-order valence-electron chi connectivity index (χ0n) is 16.7. The van der Waals surface area contributed by atoms with Crippen LogP contribution >= 0.6 is 0 Å². The number of benzene rings is 1. The third-order valence-electron chi connectivity index (χ3n) is 5.55. The Labute approximate surface area is 177 Å². The average molecular weight is 427 g/mol. The third kappa shape index (κ3) is 4.08. The highest BCUT2D eigenvalue weighted by atomic mass is 19.1. The number of nitrogens with zero attached hydrogens (tertiary/aromatic N) is 4. The van der Waals surface area contributed by atoms with Gasteiger partial charge in [-0.2, -0.15) is 0 Å². The number of anilines is 2. The van der Waals surface area contributed by atoms with E-state index in [0.29, 0.717) is 17.7 Å². The molecule has 1 aromatic carbocycles. The van der Waals surface area contributed by atoms with Crippen LogP contribution in [0.25, 0.3) is 11.1 Å². The van der Waals surface area contributed by atoms with Gasteiger partial charge in [-0.05, 0) is 43.2 Å². The molecule has 0 radical (unpaired) electrons. The first-order valence-corrected chi connectivity index (χ1v) is 9.71. The fourth-order valence-electron chi connectivity index (χ4n) is 3.81. The van der Waals surface area contributed by atoms with Crippen LogP contribution < -0.4 is 10.2 Å². The average Bonchev–Trinajstić information content (AvgIpc) is 2.76. The van der Waals surface area contributed by atoms with E-state index in [1.807, 2.05) is 0 Å². The minimum Gasteiger partial charge on any atom is -0.353 e. The van der Waals surface area contributed by atoms with E-state index in [4.69, 9.17) is 0 Å². The number of pyridine rings is 1. The summed E-state index contributed by atoms with van der Waals surface area (Å²) in [6, 6.07) is 7.10. The number of nitrogens with one attached hydrogen (secondary N) is 1. The number of hydrogen-bond acceptors (Lipinski definition) is 5. The summed E-state index contributed by atoms with van der Waals surface area (Å²) in [6.45, 7) is 0.217. The second-order valence-electron chi connectivity index (χ2n) is 7.65. The summed E-state index contributed by atoms with van der Waals surface area (Å²) in [4.78, 5) is 24.8. The molecule has 1 fully saturated rings. The van der Waals surface area contributed by atoms with Gasteiger partial charge in [-0.1, -0.05) is 0 Å². The lowest BCUT2D eigenvalue weighted by Gasteiger charge is -2.43. The Morgan fingerprint density at radius 2 is 1.90 bits per heavy atom. The number of halogens is 3. The second kappa shape index (κ2) is 8.33. The van der Waals surface area contributed by atoms with Crippen LogP contribution in [0.5, 0.6) is 0 Å². The van der Waals surface area contributed by atoms with Gasteiger partial charge in [-0.3, -0.25) is 9.78 Å². The summed E-state index contributed by atoms with van der Waals surface area (Å²) in [5, 5.41) is 3.02. The van der Waals surface area contributed by atoms with Gasteiger partial charge in [0.25, 0.3) is 0 Å². The fourth-order valence-corrected chi connectivity index (χ4v) is 3.81. The SMILES string of the molecule is CN(C=O)c1ccc(F)c(-c2cnc(NCC3(c4ncccc4F)CC(F)C3)nc2)c1. The first kappa shape index (κ1) is 20.8. The minimum atomic E-state index is -1.01. The van der Waals surface area contributed by atoms with E-state index < -0.39 is 23.2 Å². The van der Waals surface area contributed by atoms with Gasteiger partial charge in [0.1, 0.15) is 17.8 Å². The van der Waals surface area contributed by atoms with Gasteiger partial charge in [-0.25, -0.2) is 23.1 Å². The lowest BCUT2D eigenvalue weighted by molar-refractivity contribution is -0.107. The Bertz CT molecular complexity index is 1090. The number of aromatic nitrogens is 3. The smallest absolute Gasteiger partial charge is 0.222 e. The molecule has 160 valence electrons. The molecule has 1 N–H and O–H groups in total. The topological polar surface area (TPSA) is 71.0 Å². The first-order valence-electron chi connectivity index (χ1n) is 9.71. The van der Waals surface area contributed by atoms with Gasteiger partial charge in [0.15, 0.2) is 0 Å². The Balaban J connectivity index is 1.52. The van der Waals surface area contributed by atoms with Crippen LogP contribution in [0.4, 0.5) is 24.8 Å². The number of hydrogen-bond donors (Lipinski definition) is 1. The van der Waals surface area contributed by atoms with Crippen molar-refractivity contribution in [2.45, 2.75) is 24.4 Å². The standard InChI is InChI=1S/C22H20F3N5O/c1-30(13-31)16-4-5-18(24)17(7-16)14-10-27-21(28-11-14)29-12-22(8-15(23)9-22)20-19(25)3-2-6-26-20/h2-7,10-11,13,15H,8-9,12H2,1H3,(H,27,28,29). The molecule has 0 unspecified atom stereocenters. The monoisotopic (exact) mass is 427 g/mol. The van der Waals surface area contributed by atoms with Gasteiger partial charge in [-0.15, -0.1) is 0 Å². The summed E-state index contributed by atoms with van der Waals surface area (Å²) in [6.07, 6.45) is 4.33. The highest BCUT2D eigenvalue weighted by molar-refractivity contribution is 5.78. The van der Waals surface area contributed by atoms with Gasteiger partial charge in [0.05, 0.1) is 5.69 Å². The largest absolute Gasteiger partial charge is 0.353 e. The highest BCUT2D eigenvalue weighted by Gasteiger charge is 2.48. The van der Waals surface area contributed by atoms with E-state index in [1.54, 1.807) is 7.05 Å². The van der Waals surface area contributed by atoms with Crippen LogP contribution in [-0.4, -0.2) is 41.1 Å². The van der Waals surface area contributed by atoms with Gasteiger partial charge < -0.3 is 10.2 Å².